The van der Waals surface area contributed by atoms with Gasteiger partial charge >= 0.3 is 0 Å². The van der Waals surface area contributed by atoms with Gasteiger partial charge in [0.2, 0.25) is 5.91 Å². The van der Waals surface area contributed by atoms with Gasteiger partial charge in [0.05, 0.1) is 12.9 Å². The van der Waals surface area contributed by atoms with Crippen LogP contribution < -0.4 is 14.8 Å². The van der Waals surface area contributed by atoms with Gasteiger partial charge in [-0.05, 0) is 50.1 Å². The molecule has 0 saturated carbocycles. The normalized spacial score (nSPS) is 10.7. The topological polar surface area (TPSA) is 78.3 Å². The van der Waals surface area contributed by atoms with Crippen molar-refractivity contribution in [1.29, 1.82) is 0 Å². The molecule has 30 heavy (non-hydrogen) atoms. The number of para-hydroxylation sites is 2. The van der Waals surface area contributed by atoms with E-state index in [0.29, 0.717) is 29.0 Å². The first-order chi connectivity index (χ1) is 14.5. The van der Waals surface area contributed by atoms with Crippen molar-refractivity contribution in [3.63, 3.8) is 0 Å². The number of ether oxygens (including phenoxy) is 2. The van der Waals surface area contributed by atoms with Gasteiger partial charge in [-0.1, -0.05) is 36.0 Å². The highest BCUT2D eigenvalue weighted by Gasteiger charge is 2.15. The van der Waals surface area contributed by atoms with Gasteiger partial charge in [0, 0.05) is 12.2 Å². The fourth-order valence-corrected chi connectivity index (χ4v) is 3.75. The Morgan fingerprint density at radius 3 is 2.60 bits per heavy atom. The quantitative estimate of drug-likeness (QED) is 0.516. The molecule has 7 nitrogen and oxygen atoms in total. The maximum atomic E-state index is 12.4. The zero-order valence-electron chi connectivity index (χ0n) is 17.6. The molecule has 158 valence electrons. The Kier molecular flexibility index (Phi) is 7.35. The smallest absolute Gasteiger partial charge is 0.234 e. The molecule has 0 aliphatic rings. The van der Waals surface area contributed by atoms with Crippen molar-refractivity contribution >= 4 is 23.4 Å². The Balaban J connectivity index is 1.61. The number of carbonyl (C=O) groups is 1. The number of aromatic nitrogens is 3. The van der Waals surface area contributed by atoms with Crippen LogP contribution in [-0.2, 0) is 17.9 Å². The summed E-state index contributed by atoms with van der Waals surface area (Å²) in [5, 5.41) is 12.1. The van der Waals surface area contributed by atoms with Gasteiger partial charge in [-0.2, -0.15) is 0 Å². The van der Waals surface area contributed by atoms with Crippen LogP contribution in [0.25, 0.3) is 0 Å². The van der Waals surface area contributed by atoms with Crippen molar-refractivity contribution in [3.8, 4) is 11.5 Å². The minimum Gasteiger partial charge on any atom is -0.493 e. The zero-order chi connectivity index (χ0) is 21.5. The summed E-state index contributed by atoms with van der Waals surface area (Å²) >= 11 is 1.36. The zero-order valence-corrected chi connectivity index (χ0v) is 18.5. The van der Waals surface area contributed by atoms with Gasteiger partial charge in [0.1, 0.15) is 6.61 Å². The van der Waals surface area contributed by atoms with E-state index in [1.54, 1.807) is 7.11 Å². The first-order valence-corrected chi connectivity index (χ1v) is 10.7. The predicted molar refractivity (Wildman–Crippen MR) is 118 cm³/mol. The average molecular weight is 427 g/mol. The first-order valence-electron chi connectivity index (χ1n) is 9.70. The minimum absolute atomic E-state index is 0.0776. The molecule has 1 heterocycles. The number of aryl methyl sites for hydroxylation is 1. The van der Waals surface area contributed by atoms with Gasteiger partial charge in [0.15, 0.2) is 22.5 Å². The number of anilines is 1. The molecule has 1 amide bonds. The molecule has 0 fully saturated rings. The number of rotatable bonds is 9. The molecule has 1 N–H and O–H groups in total. The highest BCUT2D eigenvalue weighted by Crippen LogP contribution is 2.27. The molecule has 3 rings (SSSR count). The SMILES string of the molecule is CCn1c(COc2ccccc2OC)nnc1SCC(=O)Nc1cccc(C)c1C. The van der Waals surface area contributed by atoms with Gasteiger partial charge in [-0.3, -0.25) is 4.79 Å². The molecule has 0 bridgehead atoms. The van der Waals surface area contributed by atoms with Crippen LogP contribution in [0.1, 0.15) is 23.9 Å². The van der Waals surface area contributed by atoms with Crippen molar-refractivity contribution in [1.82, 2.24) is 14.8 Å². The Bertz CT molecular complexity index is 1020. The third-order valence-electron chi connectivity index (χ3n) is 4.75. The Labute approximate surface area is 180 Å². The van der Waals surface area contributed by atoms with E-state index in [1.807, 2.05) is 67.8 Å². The lowest BCUT2D eigenvalue weighted by Gasteiger charge is -2.12. The van der Waals surface area contributed by atoms with Crippen LogP contribution in [0.2, 0.25) is 0 Å². The average Bonchev–Trinajstić information content (AvgIpc) is 3.16. The van der Waals surface area contributed by atoms with Crippen molar-refractivity contribution in [2.75, 3.05) is 18.2 Å². The second-order valence-electron chi connectivity index (χ2n) is 6.67. The van der Waals surface area contributed by atoms with E-state index in [4.69, 9.17) is 9.47 Å². The van der Waals surface area contributed by atoms with Crippen LogP contribution in [0.3, 0.4) is 0 Å². The van der Waals surface area contributed by atoms with E-state index in [2.05, 4.69) is 15.5 Å². The summed E-state index contributed by atoms with van der Waals surface area (Å²) in [6, 6.07) is 13.3. The van der Waals surface area contributed by atoms with E-state index < -0.39 is 0 Å². The number of nitrogens with zero attached hydrogens (tertiary/aromatic N) is 3. The highest BCUT2D eigenvalue weighted by molar-refractivity contribution is 7.99. The standard InChI is InChI=1S/C22H26N4O3S/c1-5-26-20(13-29-19-12-7-6-11-18(19)28-4)24-25-22(26)30-14-21(27)23-17-10-8-9-15(2)16(17)3/h6-12H,5,13-14H2,1-4H3,(H,23,27). The van der Waals surface area contributed by atoms with Crippen molar-refractivity contribution in [3.05, 3.63) is 59.4 Å². The summed E-state index contributed by atoms with van der Waals surface area (Å²) in [7, 11) is 1.61. The maximum Gasteiger partial charge on any atom is 0.234 e. The Hall–Kier alpha value is -3.00. The molecular formula is C22H26N4O3S. The molecule has 0 aliphatic heterocycles. The third-order valence-corrected chi connectivity index (χ3v) is 5.71. The summed E-state index contributed by atoms with van der Waals surface area (Å²) in [5.41, 5.74) is 3.05. The van der Waals surface area contributed by atoms with Crippen LogP contribution >= 0.6 is 11.8 Å². The van der Waals surface area contributed by atoms with Crippen LogP contribution in [0.15, 0.2) is 47.6 Å². The van der Waals surface area contributed by atoms with Crippen LogP contribution in [0.4, 0.5) is 5.69 Å². The van der Waals surface area contributed by atoms with E-state index >= 15 is 0 Å². The molecule has 3 aromatic rings. The second kappa shape index (κ2) is 10.2. The molecule has 0 unspecified atom stereocenters. The molecule has 0 atom stereocenters. The number of hydrogen-bond donors (Lipinski definition) is 1. The Morgan fingerprint density at radius 2 is 1.87 bits per heavy atom. The monoisotopic (exact) mass is 426 g/mol. The second-order valence-corrected chi connectivity index (χ2v) is 7.61. The van der Waals surface area contributed by atoms with E-state index in [1.165, 1.54) is 11.8 Å². The lowest BCUT2D eigenvalue weighted by atomic mass is 10.1. The van der Waals surface area contributed by atoms with Gasteiger partial charge < -0.3 is 19.4 Å². The molecule has 0 saturated heterocycles. The van der Waals surface area contributed by atoms with Crippen molar-refractivity contribution in [2.24, 2.45) is 0 Å². The highest BCUT2D eigenvalue weighted by atomic mass is 32.2. The summed E-state index contributed by atoms with van der Waals surface area (Å²) in [4.78, 5) is 12.4. The van der Waals surface area contributed by atoms with Crippen LogP contribution in [0, 0.1) is 13.8 Å². The number of methoxy groups -OCH3 is 1. The molecule has 0 aliphatic carbocycles. The lowest BCUT2D eigenvalue weighted by molar-refractivity contribution is -0.113. The summed E-state index contributed by atoms with van der Waals surface area (Å²) in [6.07, 6.45) is 0. The van der Waals surface area contributed by atoms with E-state index in [9.17, 15) is 4.79 Å². The maximum absolute atomic E-state index is 12.4. The molecule has 8 heteroatoms. The van der Waals surface area contributed by atoms with Crippen LogP contribution in [0.5, 0.6) is 11.5 Å². The number of thioether (sulfide) groups is 1. The number of amides is 1. The molecule has 2 aromatic carbocycles. The summed E-state index contributed by atoms with van der Waals surface area (Å²) in [6.45, 7) is 6.98. The van der Waals surface area contributed by atoms with Gasteiger partial charge in [-0.15, -0.1) is 10.2 Å². The summed E-state index contributed by atoms with van der Waals surface area (Å²) in [5.74, 6) is 2.18. The van der Waals surface area contributed by atoms with Crippen molar-refractivity contribution < 1.29 is 14.3 Å². The largest absolute Gasteiger partial charge is 0.493 e. The summed E-state index contributed by atoms with van der Waals surface area (Å²) < 4.78 is 13.1. The minimum atomic E-state index is -0.0776. The number of nitrogens with one attached hydrogen (secondary N) is 1. The molecular weight excluding hydrogens is 400 g/mol. The Morgan fingerprint density at radius 1 is 1.10 bits per heavy atom. The van der Waals surface area contributed by atoms with Crippen molar-refractivity contribution in [2.45, 2.75) is 39.1 Å². The number of carbonyl (C=O) groups excluding carboxylic acids is 1. The molecule has 0 radical (unpaired) electrons. The number of hydrogen-bond acceptors (Lipinski definition) is 6. The first kappa shape index (κ1) is 21.7. The van der Waals surface area contributed by atoms with E-state index in [0.717, 1.165) is 16.8 Å². The molecule has 0 spiro atoms. The van der Waals surface area contributed by atoms with Gasteiger partial charge in [-0.25, -0.2) is 0 Å². The fraction of sp³-hybridized carbons (Fsp3) is 0.318. The van der Waals surface area contributed by atoms with Gasteiger partial charge in [0.25, 0.3) is 0 Å². The third kappa shape index (κ3) is 5.13. The number of benzene rings is 2. The lowest BCUT2D eigenvalue weighted by Crippen LogP contribution is -2.16. The molecule has 1 aromatic heterocycles. The van der Waals surface area contributed by atoms with E-state index in [-0.39, 0.29) is 18.3 Å². The fourth-order valence-electron chi connectivity index (χ4n) is 2.93. The van der Waals surface area contributed by atoms with Crippen LogP contribution in [-0.4, -0.2) is 33.5 Å². The predicted octanol–water partition coefficient (Wildman–Crippen LogP) is 4.23.